The second-order valence-corrected chi connectivity index (χ2v) is 6.03. The van der Waals surface area contributed by atoms with Gasteiger partial charge in [-0.25, -0.2) is 0 Å². The first-order chi connectivity index (χ1) is 11.0. The molecule has 6 nitrogen and oxygen atoms in total. The summed E-state index contributed by atoms with van der Waals surface area (Å²) in [6.07, 6.45) is 1.75. The van der Waals surface area contributed by atoms with E-state index in [0.29, 0.717) is 11.3 Å². The molecule has 3 aromatic rings. The number of hydrogen-bond acceptors (Lipinski definition) is 3. The number of furan rings is 1. The van der Waals surface area contributed by atoms with E-state index < -0.39 is 11.8 Å². The van der Waals surface area contributed by atoms with E-state index in [1.807, 2.05) is 18.2 Å². The largest absolute Gasteiger partial charge is 0.451 e. The molecular weight excluding hydrogens is 362 g/mol. The number of para-hydroxylation sites is 1. The van der Waals surface area contributed by atoms with Crippen LogP contribution in [0.5, 0.6) is 0 Å². The minimum Gasteiger partial charge on any atom is -0.451 e. The molecule has 0 atom stereocenters. The predicted molar refractivity (Wildman–Crippen MR) is 89.0 cm³/mol. The van der Waals surface area contributed by atoms with E-state index in [9.17, 15) is 9.59 Å². The maximum Gasteiger partial charge on any atom is 0.305 e. The Hall–Kier alpha value is -2.54. The Labute approximate surface area is 140 Å². The molecule has 0 aliphatic carbocycles. The van der Waals surface area contributed by atoms with Crippen LogP contribution in [0.1, 0.15) is 26.6 Å². The minimum atomic E-state index is -0.500. The van der Waals surface area contributed by atoms with Crippen LogP contribution in [-0.4, -0.2) is 16.4 Å². The lowest BCUT2D eigenvalue weighted by Gasteiger charge is -2.07. The van der Waals surface area contributed by atoms with Crippen molar-refractivity contribution in [1.82, 2.24) is 15.4 Å². The van der Waals surface area contributed by atoms with Gasteiger partial charge in [0.2, 0.25) is 0 Å². The average molecular weight is 376 g/mol. The van der Waals surface area contributed by atoms with E-state index in [2.05, 4.69) is 26.8 Å². The van der Waals surface area contributed by atoms with Crippen LogP contribution in [-0.2, 0) is 7.05 Å². The molecular formula is C16H14BrN3O3. The van der Waals surface area contributed by atoms with Crippen molar-refractivity contribution in [3.63, 3.8) is 0 Å². The van der Waals surface area contributed by atoms with Crippen molar-refractivity contribution in [2.45, 2.75) is 6.92 Å². The number of nitrogens with zero attached hydrogens (tertiary/aromatic N) is 1. The van der Waals surface area contributed by atoms with Crippen molar-refractivity contribution in [3.05, 3.63) is 58.0 Å². The van der Waals surface area contributed by atoms with Gasteiger partial charge in [0.15, 0.2) is 5.76 Å². The first-order valence-corrected chi connectivity index (χ1v) is 7.67. The molecule has 0 spiro atoms. The van der Waals surface area contributed by atoms with Gasteiger partial charge < -0.3 is 8.98 Å². The Morgan fingerprint density at radius 1 is 1.17 bits per heavy atom. The van der Waals surface area contributed by atoms with E-state index in [1.165, 1.54) is 0 Å². The fraction of sp³-hybridized carbons (Fsp3) is 0.125. The summed E-state index contributed by atoms with van der Waals surface area (Å²) in [5.41, 5.74) is 6.54. The molecule has 0 aliphatic heterocycles. The van der Waals surface area contributed by atoms with Crippen LogP contribution >= 0.6 is 15.9 Å². The molecule has 2 N–H and O–H groups in total. The van der Waals surface area contributed by atoms with Crippen molar-refractivity contribution in [2.24, 2.45) is 7.05 Å². The molecule has 7 heteroatoms. The average Bonchev–Trinajstić information content (AvgIpc) is 3.05. The number of carbonyl (C=O) groups excluding carboxylic acids is 2. The number of nitrogens with one attached hydrogen (secondary N) is 2. The maximum absolute atomic E-state index is 12.2. The van der Waals surface area contributed by atoms with Crippen LogP contribution in [0, 0.1) is 6.92 Å². The molecule has 0 saturated heterocycles. The summed E-state index contributed by atoms with van der Waals surface area (Å²) in [5.74, 6) is -0.736. The summed E-state index contributed by atoms with van der Waals surface area (Å²) in [5, 5.41) is 0.871. The highest BCUT2D eigenvalue weighted by atomic mass is 79.9. The fourth-order valence-electron chi connectivity index (χ4n) is 2.38. The lowest BCUT2D eigenvalue weighted by atomic mass is 10.1. The van der Waals surface area contributed by atoms with E-state index in [0.717, 1.165) is 15.4 Å². The topological polar surface area (TPSA) is 76.3 Å². The molecule has 2 amide bonds. The van der Waals surface area contributed by atoms with Gasteiger partial charge in [-0.1, -0.05) is 18.2 Å². The Balaban J connectivity index is 1.75. The third-order valence-corrected chi connectivity index (χ3v) is 3.98. The van der Waals surface area contributed by atoms with Gasteiger partial charge in [0.05, 0.1) is 0 Å². The number of aryl methyl sites for hydroxylation is 2. The van der Waals surface area contributed by atoms with Crippen molar-refractivity contribution < 1.29 is 14.0 Å². The number of rotatable bonds is 2. The van der Waals surface area contributed by atoms with Crippen LogP contribution in [0.3, 0.4) is 0 Å². The molecule has 2 aromatic heterocycles. The van der Waals surface area contributed by atoms with Gasteiger partial charge in [-0.3, -0.25) is 20.4 Å². The number of hydrogen-bond donors (Lipinski definition) is 2. The molecule has 2 heterocycles. The smallest absolute Gasteiger partial charge is 0.305 e. The van der Waals surface area contributed by atoms with E-state index in [1.54, 1.807) is 36.9 Å². The normalized spacial score (nSPS) is 10.7. The lowest BCUT2D eigenvalue weighted by molar-refractivity contribution is 0.0827. The first kappa shape index (κ1) is 15.4. The number of amides is 2. The molecule has 23 heavy (non-hydrogen) atoms. The van der Waals surface area contributed by atoms with Gasteiger partial charge in [-0.15, -0.1) is 0 Å². The van der Waals surface area contributed by atoms with Gasteiger partial charge >= 0.3 is 5.91 Å². The highest BCUT2D eigenvalue weighted by Crippen LogP contribution is 2.24. The Morgan fingerprint density at radius 2 is 1.87 bits per heavy atom. The van der Waals surface area contributed by atoms with Crippen molar-refractivity contribution in [3.8, 4) is 0 Å². The van der Waals surface area contributed by atoms with Crippen molar-refractivity contribution in [1.29, 1.82) is 0 Å². The summed E-state index contributed by atoms with van der Waals surface area (Å²) >= 11 is 3.29. The van der Waals surface area contributed by atoms with E-state index >= 15 is 0 Å². The summed E-state index contributed by atoms with van der Waals surface area (Å²) in [4.78, 5) is 24.3. The van der Waals surface area contributed by atoms with Crippen molar-refractivity contribution >= 4 is 38.7 Å². The summed E-state index contributed by atoms with van der Waals surface area (Å²) in [6, 6.07) is 9.04. The van der Waals surface area contributed by atoms with Crippen LogP contribution in [0.15, 0.2) is 45.4 Å². The molecule has 0 fully saturated rings. The van der Waals surface area contributed by atoms with Crippen LogP contribution in [0.4, 0.5) is 0 Å². The highest BCUT2D eigenvalue weighted by molar-refractivity contribution is 9.10. The van der Waals surface area contributed by atoms with Gasteiger partial charge in [-0.05, 0) is 35.0 Å². The number of hydrazine groups is 1. The van der Waals surface area contributed by atoms with Crippen LogP contribution < -0.4 is 10.9 Å². The Bertz CT molecular complexity index is 911. The molecule has 3 rings (SSSR count). The lowest BCUT2D eigenvalue weighted by Crippen LogP contribution is -2.42. The zero-order valence-electron chi connectivity index (χ0n) is 12.5. The minimum absolute atomic E-state index is 0.180. The monoisotopic (exact) mass is 375 g/mol. The molecule has 118 valence electrons. The van der Waals surface area contributed by atoms with Gasteiger partial charge in [0, 0.05) is 28.7 Å². The van der Waals surface area contributed by atoms with Crippen molar-refractivity contribution in [2.75, 3.05) is 0 Å². The van der Waals surface area contributed by atoms with Gasteiger partial charge in [-0.2, -0.15) is 0 Å². The van der Waals surface area contributed by atoms with E-state index in [-0.39, 0.29) is 5.76 Å². The SMILES string of the molecule is Cc1c(C(=O)NNC(=O)c2cc(Br)cn2C)oc2ccccc12. The molecule has 0 radical (unpaired) electrons. The first-order valence-electron chi connectivity index (χ1n) is 6.88. The summed E-state index contributed by atoms with van der Waals surface area (Å²) in [7, 11) is 1.74. The standard InChI is InChI=1S/C16H14BrN3O3/c1-9-11-5-3-4-6-13(11)23-14(9)16(22)19-18-15(21)12-7-10(17)8-20(12)2/h3-8H,1-2H3,(H,18,21)(H,19,22). The summed E-state index contributed by atoms with van der Waals surface area (Å²) in [6.45, 7) is 1.80. The fourth-order valence-corrected chi connectivity index (χ4v) is 2.90. The summed E-state index contributed by atoms with van der Waals surface area (Å²) < 4.78 is 7.98. The molecule has 0 unspecified atom stereocenters. The molecule has 0 aliphatic rings. The van der Waals surface area contributed by atoms with E-state index in [4.69, 9.17) is 4.42 Å². The second kappa shape index (κ2) is 5.92. The number of benzene rings is 1. The third-order valence-electron chi connectivity index (χ3n) is 3.54. The number of fused-ring (bicyclic) bond motifs is 1. The molecule has 1 aromatic carbocycles. The van der Waals surface area contributed by atoms with Gasteiger partial charge in [0.1, 0.15) is 11.3 Å². The predicted octanol–water partition coefficient (Wildman–Crippen LogP) is 2.92. The van der Waals surface area contributed by atoms with Crippen LogP contribution in [0.2, 0.25) is 0 Å². The zero-order chi connectivity index (χ0) is 16.6. The quantitative estimate of drug-likeness (QED) is 0.676. The number of aromatic nitrogens is 1. The van der Waals surface area contributed by atoms with Gasteiger partial charge in [0.25, 0.3) is 5.91 Å². The zero-order valence-corrected chi connectivity index (χ0v) is 14.1. The second-order valence-electron chi connectivity index (χ2n) is 5.12. The van der Waals surface area contributed by atoms with Crippen LogP contribution in [0.25, 0.3) is 11.0 Å². The third kappa shape index (κ3) is 2.87. The molecule has 0 saturated carbocycles. The number of carbonyl (C=O) groups is 2. The Kier molecular flexibility index (Phi) is 3.96. The maximum atomic E-state index is 12.2. The number of halogens is 1. The Morgan fingerprint density at radius 3 is 2.52 bits per heavy atom. The highest BCUT2D eigenvalue weighted by Gasteiger charge is 2.18. The molecule has 0 bridgehead atoms.